The van der Waals surface area contributed by atoms with Crippen molar-refractivity contribution in [3.05, 3.63) is 95.6 Å². The highest BCUT2D eigenvalue weighted by Crippen LogP contribution is 2.37. The Balaban J connectivity index is 1.65. The highest BCUT2D eigenvalue weighted by atomic mass is 32.2. The van der Waals surface area contributed by atoms with E-state index in [0.717, 1.165) is 29.8 Å². The quantitative estimate of drug-likeness (QED) is 0.502. The van der Waals surface area contributed by atoms with Crippen molar-refractivity contribution in [3.63, 3.8) is 0 Å². The Bertz CT molecular complexity index is 1130. The van der Waals surface area contributed by atoms with Gasteiger partial charge in [-0.1, -0.05) is 66.2 Å². The Kier molecular flexibility index (Phi) is 6.94. The largest absolute Gasteiger partial charge is 0.494 e. The lowest BCUT2D eigenvalue weighted by atomic mass is 10.1. The van der Waals surface area contributed by atoms with E-state index in [4.69, 9.17) is 4.74 Å². The topological polar surface area (TPSA) is 49.9 Å². The van der Waals surface area contributed by atoms with Crippen molar-refractivity contribution < 1.29 is 13.2 Å². The van der Waals surface area contributed by atoms with Crippen LogP contribution in [0.25, 0.3) is 0 Å². The van der Waals surface area contributed by atoms with E-state index in [9.17, 15) is 8.42 Å². The van der Waals surface area contributed by atoms with Gasteiger partial charge in [0.25, 0.3) is 0 Å². The lowest BCUT2D eigenvalue weighted by Crippen LogP contribution is -2.33. The summed E-state index contributed by atoms with van der Waals surface area (Å²) in [7, 11) is -3.66. The summed E-state index contributed by atoms with van der Waals surface area (Å²) in [5, 5.41) is 0. The number of para-hydroxylation sites is 1. The van der Waals surface area contributed by atoms with Crippen LogP contribution >= 0.6 is 0 Å². The fourth-order valence-electron chi connectivity index (χ4n) is 4.17. The van der Waals surface area contributed by atoms with Crippen LogP contribution in [0.5, 0.6) is 5.75 Å². The number of ether oxygens (including phenoxy) is 1. The summed E-state index contributed by atoms with van der Waals surface area (Å²) < 4.78 is 34.8. The van der Waals surface area contributed by atoms with Crippen molar-refractivity contribution in [1.29, 1.82) is 0 Å². The van der Waals surface area contributed by atoms with Gasteiger partial charge in [-0.05, 0) is 44.0 Å². The maximum absolute atomic E-state index is 13.7. The van der Waals surface area contributed by atoms with E-state index in [1.807, 2.05) is 68.4 Å². The van der Waals surface area contributed by atoms with Gasteiger partial charge in [-0.2, -0.15) is 4.31 Å². The molecule has 0 aromatic heterocycles. The minimum Gasteiger partial charge on any atom is -0.494 e. The molecule has 1 atom stereocenters. The summed E-state index contributed by atoms with van der Waals surface area (Å²) in [6, 6.07) is 24.9. The van der Waals surface area contributed by atoms with Crippen LogP contribution in [-0.2, 0) is 16.4 Å². The van der Waals surface area contributed by atoms with Crippen LogP contribution in [0.3, 0.4) is 0 Å². The van der Waals surface area contributed by atoms with Crippen molar-refractivity contribution in [2.75, 3.05) is 26.4 Å². The van der Waals surface area contributed by atoms with Gasteiger partial charge in [0.2, 0.25) is 10.0 Å². The van der Waals surface area contributed by atoms with E-state index in [0.29, 0.717) is 24.7 Å². The van der Waals surface area contributed by atoms with E-state index >= 15 is 0 Å². The molecule has 1 heterocycles. The molecule has 5 nitrogen and oxygen atoms in total. The molecule has 1 saturated heterocycles. The number of hydrogen-bond donors (Lipinski definition) is 0. The molecule has 1 unspecified atom stereocenters. The Hall–Kier alpha value is -2.67. The molecule has 6 heteroatoms. The lowest BCUT2D eigenvalue weighted by Gasteiger charge is -2.25. The highest BCUT2D eigenvalue weighted by Gasteiger charge is 2.41. The molecule has 1 fully saturated rings. The summed E-state index contributed by atoms with van der Waals surface area (Å²) in [4.78, 5) is 2.54. The van der Waals surface area contributed by atoms with Crippen LogP contribution in [0, 0.1) is 6.92 Å². The predicted molar refractivity (Wildman–Crippen MR) is 127 cm³/mol. The van der Waals surface area contributed by atoms with E-state index < -0.39 is 10.0 Å². The first-order valence-corrected chi connectivity index (χ1v) is 12.5. The summed E-state index contributed by atoms with van der Waals surface area (Å²) in [6.45, 7) is 6.21. The van der Waals surface area contributed by atoms with Crippen LogP contribution in [0.1, 0.15) is 29.7 Å². The van der Waals surface area contributed by atoms with Gasteiger partial charge < -0.3 is 4.74 Å². The van der Waals surface area contributed by atoms with Gasteiger partial charge in [-0.15, -0.1) is 0 Å². The zero-order chi connectivity index (χ0) is 22.6. The van der Waals surface area contributed by atoms with Crippen molar-refractivity contribution in [1.82, 2.24) is 9.21 Å². The first-order valence-electron chi connectivity index (χ1n) is 11.1. The molecule has 0 radical (unpaired) electrons. The first kappa shape index (κ1) is 22.5. The number of aryl methyl sites for hydroxylation is 1. The van der Waals surface area contributed by atoms with Crippen LogP contribution in [0.15, 0.2) is 83.8 Å². The SMILES string of the molecule is CCOc1ccccc1C1CN(CCc2ccccc2)CN1S(=O)(=O)c1ccc(C)cc1. The first-order chi connectivity index (χ1) is 15.5. The molecule has 0 bridgehead atoms. The molecule has 0 N–H and O–H groups in total. The van der Waals surface area contributed by atoms with Gasteiger partial charge in [0.15, 0.2) is 0 Å². The molecular formula is C26H30N2O3S. The molecule has 0 spiro atoms. The van der Waals surface area contributed by atoms with Crippen LogP contribution < -0.4 is 4.74 Å². The third kappa shape index (κ3) is 4.88. The van der Waals surface area contributed by atoms with Crippen LogP contribution in [-0.4, -0.2) is 44.0 Å². The van der Waals surface area contributed by atoms with Gasteiger partial charge in [0.1, 0.15) is 5.75 Å². The van der Waals surface area contributed by atoms with Crippen molar-refractivity contribution in [2.24, 2.45) is 0 Å². The summed E-state index contributed by atoms with van der Waals surface area (Å²) in [5.74, 6) is 0.744. The standard InChI is InChI=1S/C26H30N2O3S/c1-3-31-26-12-8-7-11-24(26)25-19-27(18-17-22-9-5-4-6-10-22)20-28(25)32(29,30)23-15-13-21(2)14-16-23/h4-16,25H,3,17-20H2,1-2H3. The summed E-state index contributed by atoms with van der Waals surface area (Å²) in [6.07, 6.45) is 0.874. The average Bonchev–Trinajstić information content (AvgIpc) is 3.24. The molecule has 0 amide bonds. The number of rotatable bonds is 8. The van der Waals surface area contributed by atoms with E-state index in [-0.39, 0.29) is 6.04 Å². The van der Waals surface area contributed by atoms with E-state index in [2.05, 4.69) is 17.0 Å². The molecule has 3 aromatic rings. The molecule has 0 saturated carbocycles. The lowest BCUT2D eigenvalue weighted by molar-refractivity contribution is 0.304. The number of hydrogen-bond acceptors (Lipinski definition) is 4. The normalized spacial score (nSPS) is 17.5. The molecule has 168 valence electrons. The molecule has 3 aromatic carbocycles. The fraction of sp³-hybridized carbons (Fsp3) is 0.308. The maximum atomic E-state index is 13.7. The molecule has 1 aliphatic rings. The number of benzene rings is 3. The molecule has 0 aliphatic carbocycles. The number of sulfonamides is 1. The van der Waals surface area contributed by atoms with Crippen LogP contribution in [0.4, 0.5) is 0 Å². The van der Waals surface area contributed by atoms with Crippen molar-refractivity contribution in [3.8, 4) is 5.75 Å². The van der Waals surface area contributed by atoms with Gasteiger partial charge in [-0.25, -0.2) is 8.42 Å². The molecule has 1 aliphatic heterocycles. The average molecular weight is 451 g/mol. The Labute approximate surface area is 191 Å². The van der Waals surface area contributed by atoms with Gasteiger partial charge in [0, 0.05) is 18.7 Å². The molecular weight excluding hydrogens is 420 g/mol. The van der Waals surface area contributed by atoms with Gasteiger partial charge in [-0.3, -0.25) is 4.90 Å². The van der Waals surface area contributed by atoms with E-state index in [1.165, 1.54) is 5.56 Å². The minimum absolute atomic E-state index is 0.306. The zero-order valence-corrected chi connectivity index (χ0v) is 19.5. The van der Waals surface area contributed by atoms with Gasteiger partial charge in [0.05, 0.1) is 24.2 Å². The third-order valence-corrected chi connectivity index (χ3v) is 7.74. The minimum atomic E-state index is -3.66. The maximum Gasteiger partial charge on any atom is 0.244 e. The zero-order valence-electron chi connectivity index (χ0n) is 18.6. The Morgan fingerprint density at radius 3 is 2.34 bits per heavy atom. The second-order valence-electron chi connectivity index (χ2n) is 8.15. The summed E-state index contributed by atoms with van der Waals surface area (Å²) >= 11 is 0. The molecule has 4 rings (SSSR count). The fourth-order valence-corrected chi connectivity index (χ4v) is 5.75. The van der Waals surface area contributed by atoms with Crippen molar-refractivity contribution >= 4 is 10.0 Å². The second-order valence-corrected chi connectivity index (χ2v) is 10.0. The van der Waals surface area contributed by atoms with E-state index in [1.54, 1.807) is 16.4 Å². The number of nitrogens with zero attached hydrogens (tertiary/aromatic N) is 2. The smallest absolute Gasteiger partial charge is 0.244 e. The van der Waals surface area contributed by atoms with Gasteiger partial charge >= 0.3 is 0 Å². The Morgan fingerprint density at radius 2 is 1.62 bits per heavy atom. The monoisotopic (exact) mass is 450 g/mol. The second kappa shape index (κ2) is 9.86. The van der Waals surface area contributed by atoms with Crippen LogP contribution in [0.2, 0.25) is 0 Å². The third-order valence-electron chi connectivity index (χ3n) is 5.88. The Morgan fingerprint density at radius 1 is 0.938 bits per heavy atom. The highest BCUT2D eigenvalue weighted by molar-refractivity contribution is 7.89. The summed E-state index contributed by atoms with van der Waals surface area (Å²) in [5.41, 5.74) is 3.19. The molecule has 32 heavy (non-hydrogen) atoms. The predicted octanol–water partition coefficient (Wildman–Crippen LogP) is 4.64. The van der Waals surface area contributed by atoms with Crippen molar-refractivity contribution in [2.45, 2.75) is 31.2 Å².